The topological polar surface area (TPSA) is 56.1 Å². The van der Waals surface area contributed by atoms with E-state index in [1.165, 1.54) is 18.2 Å². The average Bonchev–Trinajstić information content (AvgIpc) is 2.99. The Balaban J connectivity index is 1.75. The van der Waals surface area contributed by atoms with Crippen LogP contribution in [-0.2, 0) is 11.3 Å². The zero-order valence-electron chi connectivity index (χ0n) is 11.4. The minimum absolute atomic E-state index is 0.154. The summed E-state index contributed by atoms with van der Waals surface area (Å²) in [6.45, 7) is 2.57. The molecule has 106 valence electrons. The molecule has 1 saturated heterocycles. The first kappa shape index (κ1) is 14.5. The minimum Gasteiger partial charge on any atom is -0.343 e. The molecule has 0 radical (unpaired) electrons. The normalized spacial score (nSPS) is 14.3. The Labute approximate surface area is 118 Å². The molecular formula is C15H18FN3O. The molecule has 0 bridgehead atoms. The highest BCUT2D eigenvalue weighted by Gasteiger charge is 2.16. The van der Waals surface area contributed by atoms with Crippen molar-refractivity contribution in [2.24, 2.45) is 0 Å². The van der Waals surface area contributed by atoms with Crippen molar-refractivity contribution in [1.29, 1.82) is 5.26 Å². The summed E-state index contributed by atoms with van der Waals surface area (Å²) in [6.07, 6.45) is 2.61. The van der Waals surface area contributed by atoms with Crippen LogP contribution < -0.4 is 5.32 Å². The van der Waals surface area contributed by atoms with Crippen LogP contribution in [0.1, 0.15) is 30.4 Å². The van der Waals surface area contributed by atoms with Gasteiger partial charge in [-0.05, 0) is 31.0 Å². The number of hydrogen-bond acceptors (Lipinski definition) is 3. The third-order valence-corrected chi connectivity index (χ3v) is 3.46. The molecule has 1 amide bonds. The molecule has 0 aromatic heterocycles. The van der Waals surface area contributed by atoms with Crippen molar-refractivity contribution >= 4 is 5.91 Å². The molecule has 1 aliphatic heterocycles. The number of likely N-dealkylation sites (tertiary alicyclic amines) is 1. The van der Waals surface area contributed by atoms with E-state index < -0.39 is 0 Å². The zero-order valence-corrected chi connectivity index (χ0v) is 11.4. The second-order valence-corrected chi connectivity index (χ2v) is 4.93. The maximum absolute atomic E-state index is 13.5. The number of amides is 1. The highest BCUT2D eigenvalue weighted by Crippen LogP contribution is 2.10. The number of nitrogens with one attached hydrogen (secondary N) is 1. The van der Waals surface area contributed by atoms with Gasteiger partial charge in [0.1, 0.15) is 5.82 Å². The van der Waals surface area contributed by atoms with Gasteiger partial charge in [-0.2, -0.15) is 5.26 Å². The Morgan fingerprint density at radius 1 is 1.40 bits per heavy atom. The van der Waals surface area contributed by atoms with E-state index in [9.17, 15) is 9.18 Å². The van der Waals surface area contributed by atoms with Gasteiger partial charge >= 0.3 is 0 Å². The second kappa shape index (κ2) is 7.01. The van der Waals surface area contributed by atoms with Crippen LogP contribution in [0.5, 0.6) is 0 Å². The monoisotopic (exact) mass is 275 g/mol. The van der Waals surface area contributed by atoms with Crippen molar-refractivity contribution in [3.05, 3.63) is 35.1 Å². The highest BCUT2D eigenvalue weighted by atomic mass is 19.1. The summed E-state index contributed by atoms with van der Waals surface area (Å²) >= 11 is 0. The van der Waals surface area contributed by atoms with Crippen molar-refractivity contribution < 1.29 is 9.18 Å². The first-order valence-electron chi connectivity index (χ1n) is 6.88. The van der Waals surface area contributed by atoms with Crippen LogP contribution >= 0.6 is 0 Å². The number of halogens is 1. The maximum Gasteiger partial charge on any atom is 0.223 e. The molecule has 4 nitrogen and oxygen atoms in total. The van der Waals surface area contributed by atoms with Crippen molar-refractivity contribution in [3.63, 3.8) is 0 Å². The van der Waals surface area contributed by atoms with E-state index in [-0.39, 0.29) is 11.7 Å². The molecule has 0 aliphatic carbocycles. The molecule has 5 heteroatoms. The lowest BCUT2D eigenvalue weighted by Gasteiger charge is -2.15. The van der Waals surface area contributed by atoms with Crippen LogP contribution in [0.3, 0.4) is 0 Å². The molecule has 0 unspecified atom stereocenters. The van der Waals surface area contributed by atoms with Crippen LogP contribution in [0.15, 0.2) is 18.2 Å². The zero-order chi connectivity index (χ0) is 14.4. The van der Waals surface area contributed by atoms with Gasteiger partial charge in [-0.25, -0.2) is 4.39 Å². The van der Waals surface area contributed by atoms with Gasteiger partial charge in [-0.1, -0.05) is 0 Å². The Morgan fingerprint density at radius 2 is 2.15 bits per heavy atom. The predicted octanol–water partition coefficient (Wildman–Crippen LogP) is 1.80. The fraction of sp³-hybridized carbons (Fsp3) is 0.467. The molecular weight excluding hydrogens is 257 g/mol. The second-order valence-electron chi connectivity index (χ2n) is 4.93. The lowest BCUT2D eigenvalue weighted by molar-refractivity contribution is -0.130. The molecule has 0 atom stereocenters. The average molecular weight is 275 g/mol. The number of benzene rings is 1. The first-order chi connectivity index (χ1) is 9.70. The summed E-state index contributed by atoms with van der Waals surface area (Å²) in [6, 6.07) is 6.27. The predicted molar refractivity (Wildman–Crippen MR) is 73.3 cm³/mol. The molecule has 2 rings (SSSR count). The van der Waals surface area contributed by atoms with Gasteiger partial charge in [-0.15, -0.1) is 0 Å². The van der Waals surface area contributed by atoms with E-state index in [0.29, 0.717) is 30.6 Å². The van der Waals surface area contributed by atoms with Gasteiger partial charge in [0.25, 0.3) is 0 Å². The number of rotatable bonds is 5. The molecule has 20 heavy (non-hydrogen) atoms. The summed E-state index contributed by atoms with van der Waals surface area (Å²) in [5, 5.41) is 11.8. The lowest BCUT2D eigenvalue weighted by Crippen LogP contribution is -2.30. The van der Waals surface area contributed by atoms with E-state index in [0.717, 1.165) is 25.9 Å². The van der Waals surface area contributed by atoms with Crippen LogP contribution in [0.25, 0.3) is 0 Å². The quantitative estimate of drug-likeness (QED) is 0.834. The van der Waals surface area contributed by atoms with Gasteiger partial charge in [0.2, 0.25) is 5.91 Å². The summed E-state index contributed by atoms with van der Waals surface area (Å²) in [4.78, 5) is 13.7. The van der Waals surface area contributed by atoms with Gasteiger partial charge in [-0.3, -0.25) is 4.79 Å². The summed E-state index contributed by atoms with van der Waals surface area (Å²) < 4.78 is 13.5. The molecule has 1 heterocycles. The molecule has 1 aromatic carbocycles. The number of carbonyl (C=O) groups excluding carboxylic acids is 1. The summed E-state index contributed by atoms with van der Waals surface area (Å²) in [5.41, 5.74) is 0.897. The number of nitrogens with zero attached hydrogens (tertiary/aromatic N) is 2. The van der Waals surface area contributed by atoms with Crippen molar-refractivity contribution in [2.45, 2.75) is 25.8 Å². The Hall–Kier alpha value is -1.93. The molecule has 1 aromatic rings. The fourth-order valence-electron chi connectivity index (χ4n) is 2.32. The smallest absolute Gasteiger partial charge is 0.223 e. The summed E-state index contributed by atoms with van der Waals surface area (Å²) in [5.74, 6) is -0.177. The van der Waals surface area contributed by atoms with Gasteiger partial charge in [0.15, 0.2) is 0 Å². The van der Waals surface area contributed by atoms with E-state index in [1.54, 1.807) is 0 Å². The molecule has 0 spiro atoms. The van der Waals surface area contributed by atoms with E-state index in [2.05, 4.69) is 5.32 Å². The van der Waals surface area contributed by atoms with Gasteiger partial charge < -0.3 is 10.2 Å². The third-order valence-electron chi connectivity index (χ3n) is 3.46. The van der Waals surface area contributed by atoms with Crippen LogP contribution in [0, 0.1) is 17.1 Å². The molecule has 1 N–H and O–H groups in total. The molecule has 1 aliphatic rings. The number of nitriles is 1. The molecule has 1 fully saturated rings. The molecule has 0 saturated carbocycles. The standard InChI is InChI=1S/C15H18FN3O/c16-14-4-3-12(10-17)9-13(14)11-18-6-5-15(20)19-7-1-2-8-19/h3-4,9,18H,1-2,5-8,11H2. The van der Waals surface area contributed by atoms with Crippen LogP contribution in [0.2, 0.25) is 0 Å². The van der Waals surface area contributed by atoms with Crippen molar-refractivity contribution in [1.82, 2.24) is 10.2 Å². The first-order valence-corrected chi connectivity index (χ1v) is 6.88. The van der Waals surface area contributed by atoms with E-state index in [1.807, 2.05) is 11.0 Å². The summed E-state index contributed by atoms with van der Waals surface area (Å²) in [7, 11) is 0. The van der Waals surface area contributed by atoms with Gasteiger partial charge in [0, 0.05) is 38.2 Å². The number of carbonyl (C=O) groups is 1. The Morgan fingerprint density at radius 3 is 2.85 bits per heavy atom. The Kier molecular flexibility index (Phi) is 5.08. The van der Waals surface area contributed by atoms with E-state index in [4.69, 9.17) is 5.26 Å². The highest BCUT2D eigenvalue weighted by molar-refractivity contribution is 5.76. The van der Waals surface area contributed by atoms with Crippen molar-refractivity contribution in [2.75, 3.05) is 19.6 Å². The lowest BCUT2D eigenvalue weighted by atomic mass is 10.1. The van der Waals surface area contributed by atoms with E-state index >= 15 is 0 Å². The van der Waals surface area contributed by atoms with Gasteiger partial charge in [0.05, 0.1) is 11.6 Å². The number of hydrogen-bond donors (Lipinski definition) is 1. The SMILES string of the molecule is N#Cc1ccc(F)c(CNCCC(=O)N2CCCC2)c1. The minimum atomic E-state index is -0.331. The maximum atomic E-state index is 13.5. The largest absolute Gasteiger partial charge is 0.343 e. The van der Waals surface area contributed by atoms with Crippen molar-refractivity contribution in [3.8, 4) is 6.07 Å². The fourth-order valence-corrected chi connectivity index (χ4v) is 2.32. The third kappa shape index (κ3) is 3.78. The van der Waals surface area contributed by atoms with Crippen LogP contribution in [0.4, 0.5) is 4.39 Å². The Bertz CT molecular complexity index is 518. The van der Waals surface area contributed by atoms with Crippen LogP contribution in [-0.4, -0.2) is 30.4 Å².